The second kappa shape index (κ2) is 6.47. The molecule has 2 aromatic carbocycles. The minimum atomic E-state index is -5.05. The van der Waals surface area contributed by atoms with E-state index in [1.807, 2.05) is 0 Å². The summed E-state index contributed by atoms with van der Waals surface area (Å²) in [4.78, 5) is 12.1. The molecular formula is C15H9ClF6N2O. The maximum absolute atomic E-state index is 12.8. The molecule has 3 N–H and O–H groups in total. The van der Waals surface area contributed by atoms with Crippen LogP contribution >= 0.6 is 11.6 Å². The van der Waals surface area contributed by atoms with E-state index < -0.39 is 35.0 Å². The summed E-state index contributed by atoms with van der Waals surface area (Å²) in [6, 6.07) is 4.49. The summed E-state index contributed by atoms with van der Waals surface area (Å²) in [5.41, 5.74) is 1.61. The first-order chi connectivity index (χ1) is 11.4. The first kappa shape index (κ1) is 18.9. The fourth-order valence-electron chi connectivity index (χ4n) is 1.93. The van der Waals surface area contributed by atoms with Gasteiger partial charge in [0.25, 0.3) is 5.91 Å². The van der Waals surface area contributed by atoms with Gasteiger partial charge in [-0.2, -0.15) is 26.3 Å². The second-order valence-electron chi connectivity index (χ2n) is 4.98. The molecule has 0 radical (unpaired) electrons. The summed E-state index contributed by atoms with van der Waals surface area (Å²) < 4.78 is 76.8. The Morgan fingerprint density at radius 2 is 1.44 bits per heavy atom. The van der Waals surface area contributed by atoms with E-state index in [0.29, 0.717) is 12.1 Å². The number of hydrogen-bond acceptors (Lipinski definition) is 2. The highest BCUT2D eigenvalue weighted by Gasteiger charge is 2.37. The van der Waals surface area contributed by atoms with Gasteiger partial charge in [0, 0.05) is 10.6 Å². The highest BCUT2D eigenvalue weighted by atomic mass is 35.5. The van der Waals surface area contributed by atoms with Crippen LogP contribution < -0.4 is 11.1 Å². The lowest BCUT2D eigenvalue weighted by Crippen LogP contribution is -2.17. The standard InChI is InChI=1S/C15H9ClF6N2O/c16-10-1-2-12(11(23)6-10)24-13(25)7-3-8(14(17,18)19)5-9(4-7)15(20,21)22/h1-6H,23H2,(H,24,25). The van der Waals surface area contributed by atoms with E-state index in [9.17, 15) is 31.1 Å². The van der Waals surface area contributed by atoms with Gasteiger partial charge in [-0.3, -0.25) is 4.79 Å². The normalized spacial score (nSPS) is 12.1. The van der Waals surface area contributed by atoms with Crippen molar-refractivity contribution in [3.05, 3.63) is 58.1 Å². The van der Waals surface area contributed by atoms with Crippen LogP contribution in [-0.4, -0.2) is 5.91 Å². The Morgan fingerprint density at radius 1 is 0.920 bits per heavy atom. The quantitative estimate of drug-likeness (QED) is 0.553. The van der Waals surface area contributed by atoms with Crippen LogP contribution in [0.2, 0.25) is 5.02 Å². The van der Waals surface area contributed by atoms with Gasteiger partial charge in [-0.15, -0.1) is 0 Å². The monoisotopic (exact) mass is 382 g/mol. The number of carbonyl (C=O) groups is 1. The van der Waals surface area contributed by atoms with Gasteiger partial charge in [-0.25, -0.2) is 0 Å². The summed E-state index contributed by atoms with van der Waals surface area (Å²) in [5, 5.41) is 2.40. The van der Waals surface area contributed by atoms with Crippen LogP contribution in [0.15, 0.2) is 36.4 Å². The number of nitrogens with one attached hydrogen (secondary N) is 1. The fraction of sp³-hybridized carbons (Fsp3) is 0.133. The predicted molar refractivity (Wildman–Crippen MR) is 80.3 cm³/mol. The van der Waals surface area contributed by atoms with Crippen molar-refractivity contribution in [2.45, 2.75) is 12.4 Å². The number of rotatable bonds is 2. The molecule has 0 aliphatic carbocycles. The Balaban J connectivity index is 2.44. The van der Waals surface area contributed by atoms with Gasteiger partial charge in [-0.1, -0.05) is 11.6 Å². The summed E-state index contributed by atoms with van der Waals surface area (Å²) in [5.74, 6) is -1.18. The summed E-state index contributed by atoms with van der Waals surface area (Å²) in [6.45, 7) is 0. The molecule has 2 rings (SSSR count). The first-order valence-corrected chi connectivity index (χ1v) is 6.91. The van der Waals surface area contributed by atoms with Crippen LogP contribution in [-0.2, 0) is 12.4 Å². The van der Waals surface area contributed by atoms with E-state index in [0.717, 1.165) is 0 Å². The number of amides is 1. The maximum Gasteiger partial charge on any atom is 0.416 e. The average molecular weight is 383 g/mol. The highest BCUT2D eigenvalue weighted by molar-refractivity contribution is 6.31. The number of benzene rings is 2. The zero-order valence-corrected chi connectivity index (χ0v) is 12.9. The van der Waals surface area contributed by atoms with Gasteiger partial charge in [0.05, 0.1) is 22.5 Å². The van der Waals surface area contributed by atoms with E-state index in [4.69, 9.17) is 17.3 Å². The molecular weight excluding hydrogens is 374 g/mol. The third-order valence-electron chi connectivity index (χ3n) is 3.11. The maximum atomic E-state index is 12.8. The fourth-order valence-corrected chi connectivity index (χ4v) is 2.11. The van der Waals surface area contributed by atoms with Crippen molar-refractivity contribution >= 4 is 28.9 Å². The Labute approximate surface area is 142 Å². The molecule has 0 bridgehead atoms. The topological polar surface area (TPSA) is 55.1 Å². The largest absolute Gasteiger partial charge is 0.416 e. The van der Waals surface area contributed by atoms with Crippen LogP contribution in [0.25, 0.3) is 0 Å². The molecule has 0 aliphatic rings. The number of nitrogens with two attached hydrogens (primary N) is 1. The van der Waals surface area contributed by atoms with Crippen LogP contribution in [0.4, 0.5) is 37.7 Å². The van der Waals surface area contributed by atoms with Gasteiger partial charge < -0.3 is 11.1 Å². The Hall–Kier alpha value is -2.42. The lowest BCUT2D eigenvalue weighted by molar-refractivity contribution is -0.143. The van der Waals surface area contributed by atoms with Crippen molar-refractivity contribution in [1.82, 2.24) is 0 Å². The van der Waals surface area contributed by atoms with Gasteiger partial charge in [0.2, 0.25) is 0 Å². The minimum absolute atomic E-state index is 0.000343. The van der Waals surface area contributed by atoms with E-state index >= 15 is 0 Å². The summed E-state index contributed by atoms with van der Waals surface area (Å²) in [6.07, 6.45) is -10.1. The lowest BCUT2D eigenvalue weighted by Gasteiger charge is -2.14. The molecule has 0 fully saturated rings. The molecule has 3 nitrogen and oxygen atoms in total. The molecule has 25 heavy (non-hydrogen) atoms. The van der Waals surface area contributed by atoms with Crippen LogP contribution in [0.3, 0.4) is 0 Å². The lowest BCUT2D eigenvalue weighted by atomic mass is 10.0. The molecule has 2 aromatic rings. The molecule has 1 amide bonds. The summed E-state index contributed by atoms with van der Waals surface area (Å²) in [7, 11) is 0. The molecule has 0 aliphatic heterocycles. The Kier molecular flexibility index (Phi) is 4.90. The first-order valence-electron chi connectivity index (χ1n) is 6.54. The van der Waals surface area contributed by atoms with Gasteiger partial charge in [0.1, 0.15) is 0 Å². The SMILES string of the molecule is Nc1cc(Cl)ccc1NC(=O)c1cc(C(F)(F)F)cc(C(F)(F)F)c1. The van der Waals surface area contributed by atoms with E-state index in [1.54, 1.807) is 0 Å². The Bertz CT molecular complexity index is 784. The molecule has 0 aromatic heterocycles. The molecule has 134 valence electrons. The van der Waals surface area contributed by atoms with E-state index in [1.165, 1.54) is 18.2 Å². The van der Waals surface area contributed by atoms with E-state index in [2.05, 4.69) is 5.32 Å². The van der Waals surface area contributed by atoms with Crippen molar-refractivity contribution in [3.63, 3.8) is 0 Å². The third kappa shape index (κ3) is 4.56. The van der Waals surface area contributed by atoms with Crippen molar-refractivity contribution in [2.75, 3.05) is 11.1 Å². The number of halogens is 7. The van der Waals surface area contributed by atoms with E-state index in [-0.39, 0.29) is 22.5 Å². The van der Waals surface area contributed by atoms with Crippen molar-refractivity contribution in [3.8, 4) is 0 Å². The number of alkyl halides is 6. The van der Waals surface area contributed by atoms with Gasteiger partial charge in [-0.05, 0) is 36.4 Å². The zero-order valence-electron chi connectivity index (χ0n) is 12.1. The highest BCUT2D eigenvalue weighted by Crippen LogP contribution is 2.36. The molecule has 0 saturated carbocycles. The molecule has 0 heterocycles. The summed E-state index contributed by atoms with van der Waals surface area (Å²) >= 11 is 5.67. The van der Waals surface area contributed by atoms with Crippen LogP contribution in [0, 0.1) is 0 Å². The second-order valence-corrected chi connectivity index (χ2v) is 5.42. The smallest absolute Gasteiger partial charge is 0.397 e. The molecule has 0 saturated heterocycles. The zero-order chi connectivity index (χ0) is 19.0. The third-order valence-corrected chi connectivity index (χ3v) is 3.35. The number of nitrogen functional groups attached to an aromatic ring is 1. The van der Waals surface area contributed by atoms with Crippen LogP contribution in [0.5, 0.6) is 0 Å². The average Bonchev–Trinajstić information content (AvgIpc) is 2.47. The molecule has 0 spiro atoms. The van der Waals surface area contributed by atoms with Crippen molar-refractivity contribution < 1.29 is 31.1 Å². The number of anilines is 2. The van der Waals surface area contributed by atoms with Crippen molar-refractivity contribution in [1.29, 1.82) is 0 Å². The van der Waals surface area contributed by atoms with Gasteiger partial charge in [0.15, 0.2) is 0 Å². The van der Waals surface area contributed by atoms with Crippen LogP contribution in [0.1, 0.15) is 21.5 Å². The Morgan fingerprint density at radius 3 is 1.88 bits per heavy atom. The minimum Gasteiger partial charge on any atom is -0.397 e. The van der Waals surface area contributed by atoms with Gasteiger partial charge >= 0.3 is 12.4 Å². The number of hydrogen-bond donors (Lipinski definition) is 2. The molecule has 0 unspecified atom stereocenters. The molecule has 10 heteroatoms. The predicted octanol–water partition coefficient (Wildman–Crippen LogP) is 5.21. The molecule has 0 atom stereocenters. The van der Waals surface area contributed by atoms with Crippen molar-refractivity contribution in [2.24, 2.45) is 0 Å². The number of carbonyl (C=O) groups excluding carboxylic acids is 1.